The summed E-state index contributed by atoms with van der Waals surface area (Å²) >= 11 is 0. The van der Waals surface area contributed by atoms with E-state index in [0.717, 1.165) is 5.56 Å². The second-order valence-corrected chi connectivity index (χ2v) is 4.06. The van der Waals surface area contributed by atoms with Crippen molar-refractivity contribution in [3.63, 3.8) is 0 Å². The van der Waals surface area contributed by atoms with Gasteiger partial charge in [0.1, 0.15) is 0 Å². The average molecular weight is 242 g/mol. The molecule has 0 fully saturated rings. The number of hydrogen-bond donors (Lipinski definition) is 2. The van der Waals surface area contributed by atoms with Gasteiger partial charge in [-0.1, -0.05) is 0 Å². The number of nitrogens with one attached hydrogen (secondary N) is 1. The second kappa shape index (κ2) is 5.27. The topological polar surface area (TPSA) is 80.9 Å². The van der Waals surface area contributed by atoms with Gasteiger partial charge >= 0.3 is 0 Å². The van der Waals surface area contributed by atoms with Crippen molar-refractivity contribution in [2.24, 2.45) is 0 Å². The number of carbonyl (C=O) groups excluding carboxylic acids is 1. The number of aryl methyl sites for hydroxylation is 1. The third-order valence-corrected chi connectivity index (χ3v) is 2.35. The van der Waals surface area contributed by atoms with Crippen LogP contribution in [-0.4, -0.2) is 15.9 Å². The van der Waals surface area contributed by atoms with Gasteiger partial charge in [-0.2, -0.15) is 0 Å². The van der Waals surface area contributed by atoms with Gasteiger partial charge in [0, 0.05) is 11.9 Å². The number of nitrogens with two attached hydrogens (primary N) is 1. The molecule has 0 saturated carbocycles. The first-order chi connectivity index (χ1) is 8.63. The molecule has 1 amide bonds. The molecule has 0 aromatic carbocycles. The molecule has 2 aromatic rings. The Balaban J connectivity index is 1.98. The summed E-state index contributed by atoms with van der Waals surface area (Å²) in [5, 5.41) is 2.77. The highest BCUT2D eigenvalue weighted by atomic mass is 16.1. The molecule has 0 spiro atoms. The molecule has 0 aliphatic rings. The first-order valence-electron chi connectivity index (χ1n) is 5.55. The van der Waals surface area contributed by atoms with Crippen LogP contribution >= 0.6 is 0 Å². The van der Waals surface area contributed by atoms with Crippen LogP contribution in [0, 0.1) is 6.92 Å². The lowest BCUT2D eigenvalue weighted by Gasteiger charge is -2.05. The van der Waals surface area contributed by atoms with Gasteiger partial charge in [-0.3, -0.25) is 14.8 Å². The molecule has 18 heavy (non-hydrogen) atoms. The fourth-order valence-electron chi connectivity index (χ4n) is 1.53. The van der Waals surface area contributed by atoms with E-state index in [9.17, 15) is 4.79 Å². The van der Waals surface area contributed by atoms with E-state index in [4.69, 9.17) is 5.73 Å². The summed E-state index contributed by atoms with van der Waals surface area (Å²) in [5.41, 5.74) is 8.48. The van der Waals surface area contributed by atoms with Crippen molar-refractivity contribution in [3.05, 3.63) is 48.0 Å². The lowest BCUT2D eigenvalue weighted by Crippen LogP contribution is -2.15. The van der Waals surface area contributed by atoms with Gasteiger partial charge < -0.3 is 11.1 Å². The van der Waals surface area contributed by atoms with Crippen LogP contribution in [0.5, 0.6) is 0 Å². The molecule has 5 heteroatoms. The van der Waals surface area contributed by atoms with Crippen molar-refractivity contribution in [1.82, 2.24) is 9.97 Å². The number of nitrogens with zero attached hydrogens (tertiary/aromatic N) is 2. The molecule has 0 bridgehead atoms. The van der Waals surface area contributed by atoms with E-state index >= 15 is 0 Å². The van der Waals surface area contributed by atoms with Gasteiger partial charge in [0.25, 0.3) is 0 Å². The lowest BCUT2D eigenvalue weighted by atomic mass is 10.2. The highest BCUT2D eigenvalue weighted by molar-refractivity contribution is 5.91. The fourth-order valence-corrected chi connectivity index (χ4v) is 1.53. The van der Waals surface area contributed by atoms with Gasteiger partial charge in [-0.15, -0.1) is 0 Å². The number of anilines is 2. The minimum absolute atomic E-state index is 0.125. The smallest absolute Gasteiger partial charge is 0.230 e. The molecule has 2 heterocycles. The molecular formula is C13H14N4O. The Hall–Kier alpha value is -2.43. The van der Waals surface area contributed by atoms with Crippen LogP contribution in [0.1, 0.15) is 11.3 Å². The summed E-state index contributed by atoms with van der Waals surface area (Å²) < 4.78 is 0. The molecule has 0 unspecified atom stereocenters. The normalized spacial score (nSPS) is 10.1. The van der Waals surface area contributed by atoms with Gasteiger partial charge in [-0.25, -0.2) is 0 Å². The van der Waals surface area contributed by atoms with Crippen LogP contribution in [0.15, 0.2) is 36.8 Å². The molecule has 2 rings (SSSR count). The summed E-state index contributed by atoms with van der Waals surface area (Å²) in [6.07, 6.45) is 5.10. The molecule has 0 aliphatic heterocycles. The van der Waals surface area contributed by atoms with E-state index in [2.05, 4.69) is 15.3 Å². The number of amides is 1. The molecule has 92 valence electrons. The minimum atomic E-state index is -0.125. The summed E-state index contributed by atoms with van der Waals surface area (Å²) in [5.74, 6) is -0.125. The summed E-state index contributed by atoms with van der Waals surface area (Å²) in [6, 6.07) is 5.33. The Morgan fingerprint density at radius 3 is 2.83 bits per heavy atom. The number of carbonyl (C=O) groups is 1. The zero-order valence-corrected chi connectivity index (χ0v) is 10.1. The highest BCUT2D eigenvalue weighted by Crippen LogP contribution is 2.08. The molecule has 3 N–H and O–H groups in total. The third kappa shape index (κ3) is 3.28. The Bertz CT molecular complexity index is 551. The Kier molecular flexibility index (Phi) is 3.52. The van der Waals surface area contributed by atoms with Gasteiger partial charge in [-0.05, 0) is 30.7 Å². The predicted molar refractivity (Wildman–Crippen MR) is 70.0 cm³/mol. The van der Waals surface area contributed by atoms with Crippen molar-refractivity contribution in [2.45, 2.75) is 13.3 Å². The summed E-state index contributed by atoms with van der Waals surface area (Å²) in [7, 11) is 0. The summed E-state index contributed by atoms with van der Waals surface area (Å²) in [4.78, 5) is 19.9. The molecule has 0 aliphatic carbocycles. The van der Waals surface area contributed by atoms with Crippen molar-refractivity contribution >= 4 is 17.3 Å². The van der Waals surface area contributed by atoms with E-state index in [0.29, 0.717) is 17.1 Å². The first kappa shape index (κ1) is 12.0. The maximum absolute atomic E-state index is 11.8. The van der Waals surface area contributed by atoms with E-state index in [1.807, 2.05) is 13.0 Å². The standard InChI is InChI=1S/C13H14N4O/c1-9-4-12(8-15-6-9)17-13(18)5-11-3-2-10(14)7-16-11/h2-4,6-8H,5,14H2,1H3,(H,17,18). The minimum Gasteiger partial charge on any atom is -0.397 e. The van der Waals surface area contributed by atoms with E-state index in [-0.39, 0.29) is 12.3 Å². The van der Waals surface area contributed by atoms with E-state index in [1.165, 1.54) is 6.20 Å². The maximum Gasteiger partial charge on any atom is 0.230 e. The zero-order valence-electron chi connectivity index (χ0n) is 10.1. The molecular weight excluding hydrogens is 228 g/mol. The molecule has 0 saturated heterocycles. The second-order valence-electron chi connectivity index (χ2n) is 4.06. The fraction of sp³-hybridized carbons (Fsp3) is 0.154. The van der Waals surface area contributed by atoms with Crippen LogP contribution in [-0.2, 0) is 11.2 Å². The number of pyridine rings is 2. The first-order valence-corrected chi connectivity index (χ1v) is 5.55. The lowest BCUT2D eigenvalue weighted by molar-refractivity contribution is -0.115. The predicted octanol–water partition coefficient (Wildman–Crippen LogP) is 1.55. The molecule has 0 radical (unpaired) electrons. The maximum atomic E-state index is 11.8. The van der Waals surface area contributed by atoms with E-state index < -0.39 is 0 Å². The van der Waals surface area contributed by atoms with Gasteiger partial charge in [0.2, 0.25) is 5.91 Å². The monoisotopic (exact) mass is 242 g/mol. The summed E-state index contributed by atoms with van der Waals surface area (Å²) in [6.45, 7) is 1.92. The van der Waals surface area contributed by atoms with Gasteiger partial charge in [0.05, 0.1) is 30.2 Å². The van der Waals surface area contributed by atoms with Crippen molar-refractivity contribution in [3.8, 4) is 0 Å². The number of rotatable bonds is 3. The van der Waals surface area contributed by atoms with Crippen LogP contribution in [0.2, 0.25) is 0 Å². The number of nitrogen functional groups attached to an aromatic ring is 1. The SMILES string of the molecule is Cc1cncc(NC(=O)Cc2ccc(N)cn2)c1. The Labute approximate surface area is 105 Å². The van der Waals surface area contributed by atoms with Crippen LogP contribution in [0.25, 0.3) is 0 Å². The molecule has 0 atom stereocenters. The number of hydrogen-bond acceptors (Lipinski definition) is 4. The largest absolute Gasteiger partial charge is 0.397 e. The van der Waals surface area contributed by atoms with E-state index in [1.54, 1.807) is 24.5 Å². The Morgan fingerprint density at radius 1 is 1.33 bits per heavy atom. The Morgan fingerprint density at radius 2 is 2.17 bits per heavy atom. The molecule has 2 aromatic heterocycles. The van der Waals surface area contributed by atoms with Crippen LogP contribution in [0.4, 0.5) is 11.4 Å². The van der Waals surface area contributed by atoms with Gasteiger partial charge in [0.15, 0.2) is 0 Å². The third-order valence-electron chi connectivity index (χ3n) is 2.35. The average Bonchev–Trinajstić information content (AvgIpc) is 2.32. The van der Waals surface area contributed by atoms with Crippen LogP contribution < -0.4 is 11.1 Å². The van der Waals surface area contributed by atoms with Crippen LogP contribution in [0.3, 0.4) is 0 Å². The van der Waals surface area contributed by atoms with Crippen molar-refractivity contribution in [2.75, 3.05) is 11.1 Å². The molecule has 5 nitrogen and oxygen atoms in total. The zero-order chi connectivity index (χ0) is 13.0. The number of aromatic nitrogens is 2. The van der Waals surface area contributed by atoms with Crippen molar-refractivity contribution < 1.29 is 4.79 Å². The quantitative estimate of drug-likeness (QED) is 0.855. The van der Waals surface area contributed by atoms with Crippen molar-refractivity contribution in [1.29, 1.82) is 0 Å². The highest BCUT2D eigenvalue weighted by Gasteiger charge is 2.05.